The quantitative estimate of drug-likeness (QED) is 0.598. The molecule has 0 atom stereocenters. The molecule has 0 aliphatic rings. The highest BCUT2D eigenvalue weighted by molar-refractivity contribution is 5.92. The smallest absolute Gasteiger partial charge is 0.0315 e. The normalized spacial score (nSPS) is 12.3. The summed E-state index contributed by atoms with van der Waals surface area (Å²) in [7, 11) is 0. The van der Waals surface area contributed by atoms with E-state index in [4.69, 9.17) is 5.41 Å². The van der Waals surface area contributed by atoms with E-state index in [0.29, 0.717) is 5.92 Å². The minimum absolute atomic E-state index is 0.600. The largest absolute Gasteiger partial charge is 0.305 e. The molecular weight excluding hydrogens is 134 g/mol. The molecule has 11 heavy (non-hydrogen) atoms. The van der Waals surface area contributed by atoms with Crippen LogP contribution in [0.2, 0.25) is 0 Å². The monoisotopic (exact) mass is 153 g/mol. The van der Waals surface area contributed by atoms with Gasteiger partial charge in [0.15, 0.2) is 0 Å². The molecule has 0 aromatic carbocycles. The van der Waals surface area contributed by atoms with Gasteiger partial charge in [0.1, 0.15) is 0 Å². The van der Waals surface area contributed by atoms with Crippen LogP contribution in [0.1, 0.15) is 40.5 Å². The van der Waals surface area contributed by atoms with Crippen LogP contribution >= 0.6 is 0 Å². The topological polar surface area (TPSA) is 23.9 Å². The van der Waals surface area contributed by atoms with Gasteiger partial charge in [-0.3, -0.25) is 0 Å². The average Bonchev–Trinajstić information content (AvgIpc) is 1.85. The van der Waals surface area contributed by atoms with Gasteiger partial charge in [-0.1, -0.05) is 26.3 Å². The maximum absolute atomic E-state index is 7.58. The number of nitrogens with one attached hydrogen (secondary N) is 1. The Labute approximate surface area is 70.0 Å². The molecule has 0 bridgehead atoms. The van der Waals surface area contributed by atoms with Crippen LogP contribution in [0.3, 0.4) is 0 Å². The van der Waals surface area contributed by atoms with E-state index >= 15 is 0 Å². The van der Waals surface area contributed by atoms with Crippen molar-refractivity contribution in [2.75, 3.05) is 0 Å². The van der Waals surface area contributed by atoms with Crippen LogP contribution in [-0.2, 0) is 0 Å². The van der Waals surface area contributed by atoms with Crippen LogP contribution in [0.15, 0.2) is 11.6 Å². The van der Waals surface area contributed by atoms with E-state index in [2.05, 4.69) is 27.7 Å². The van der Waals surface area contributed by atoms with Gasteiger partial charge in [-0.2, -0.15) is 0 Å². The van der Waals surface area contributed by atoms with Crippen molar-refractivity contribution < 1.29 is 0 Å². The Hall–Kier alpha value is -0.590. The van der Waals surface area contributed by atoms with Gasteiger partial charge in [0, 0.05) is 5.71 Å². The zero-order valence-corrected chi connectivity index (χ0v) is 8.07. The summed E-state index contributed by atoms with van der Waals surface area (Å²) in [5, 5.41) is 7.58. The van der Waals surface area contributed by atoms with Crippen LogP contribution in [0.4, 0.5) is 0 Å². The van der Waals surface area contributed by atoms with E-state index < -0.39 is 0 Å². The van der Waals surface area contributed by atoms with E-state index in [1.807, 2.05) is 6.08 Å². The molecule has 0 rings (SSSR count). The van der Waals surface area contributed by atoms with Crippen molar-refractivity contribution in [2.45, 2.75) is 40.5 Å². The highest BCUT2D eigenvalue weighted by atomic mass is 14.4. The lowest BCUT2D eigenvalue weighted by molar-refractivity contribution is 0.683. The summed E-state index contributed by atoms with van der Waals surface area (Å²) in [4.78, 5) is 0. The van der Waals surface area contributed by atoms with Gasteiger partial charge in [-0.25, -0.2) is 0 Å². The fourth-order valence-corrected chi connectivity index (χ4v) is 0.898. The van der Waals surface area contributed by atoms with Gasteiger partial charge >= 0.3 is 0 Å². The molecule has 0 unspecified atom stereocenters. The van der Waals surface area contributed by atoms with Crippen molar-refractivity contribution in [3.8, 4) is 0 Å². The first-order valence-electron chi connectivity index (χ1n) is 4.30. The van der Waals surface area contributed by atoms with E-state index in [-0.39, 0.29) is 0 Å². The molecule has 1 heteroatoms. The lowest BCUT2D eigenvalue weighted by atomic mass is 10.0. The molecular formula is C10H19N. The molecule has 0 fully saturated rings. The predicted octanol–water partition coefficient (Wildman–Crippen LogP) is 3.41. The van der Waals surface area contributed by atoms with Gasteiger partial charge in [0.05, 0.1) is 0 Å². The first kappa shape index (κ1) is 10.4. The number of rotatable bonds is 4. The maximum Gasteiger partial charge on any atom is 0.0315 e. The van der Waals surface area contributed by atoms with Crippen LogP contribution in [0.5, 0.6) is 0 Å². The number of hydrogen-bond donors (Lipinski definition) is 1. The molecule has 64 valence electrons. The Bertz CT molecular complexity index is 154. The van der Waals surface area contributed by atoms with Crippen LogP contribution in [0.25, 0.3) is 0 Å². The molecule has 0 saturated carbocycles. The summed E-state index contributed by atoms with van der Waals surface area (Å²) in [6, 6.07) is 0. The molecule has 0 amide bonds. The fraction of sp³-hybridized carbons (Fsp3) is 0.700. The van der Waals surface area contributed by atoms with E-state index in [0.717, 1.165) is 18.6 Å². The van der Waals surface area contributed by atoms with Gasteiger partial charge in [-0.05, 0) is 31.8 Å². The van der Waals surface area contributed by atoms with Crippen LogP contribution in [0, 0.1) is 11.3 Å². The van der Waals surface area contributed by atoms with Crippen molar-refractivity contribution in [1.29, 1.82) is 5.41 Å². The van der Waals surface area contributed by atoms with Crippen LogP contribution < -0.4 is 0 Å². The SMILES string of the molecule is CC/C(C)=C/C(=N)CC(C)C. The Morgan fingerprint density at radius 3 is 2.36 bits per heavy atom. The fourth-order valence-electron chi connectivity index (χ4n) is 0.898. The van der Waals surface area contributed by atoms with E-state index in [1.54, 1.807) is 0 Å². The minimum atomic E-state index is 0.600. The Balaban J connectivity index is 3.86. The molecule has 0 aliphatic heterocycles. The predicted molar refractivity (Wildman–Crippen MR) is 51.2 cm³/mol. The number of hydrogen-bond acceptors (Lipinski definition) is 1. The van der Waals surface area contributed by atoms with Crippen molar-refractivity contribution in [3.05, 3.63) is 11.6 Å². The Kier molecular flexibility index (Phi) is 4.84. The van der Waals surface area contributed by atoms with E-state index in [9.17, 15) is 0 Å². The van der Waals surface area contributed by atoms with Gasteiger partial charge < -0.3 is 5.41 Å². The molecule has 1 nitrogen and oxygen atoms in total. The van der Waals surface area contributed by atoms with Crippen molar-refractivity contribution in [1.82, 2.24) is 0 Å². The molecule has 0 heterocycles. The third-order valence-corrected chi connectivity index (χ3v) is 1.61. The summed E-state index contributed by atoms with van der Waals surface area (Å²) in [6.07, 6.45) is 3.94. The molecule has 0 aromatic rings. The lowest BCUT2D eigenvalue weighted by Crippen LogP contribution is -1.98. The maximum atomic E-state index is 7.58. The zero-order valence-electron chi connectivity index (χ0n) is 8.07. The van der Waals surface area contributed by atoms with Crippen LogP contribution in [-0.4, -0.2) is 5.71 Å². The van der Waals surface area contributed by atoms with Crippen molar-refractivity contribution in [2.24, 2.45) is 5.92 Å². The first-order valence-corrected chi connectivity index (χ1v) is 4.30. The highest BCUT2D eigenvalue weighted by Gasteiger charge is 1.97. The molecule has 0 aliphatic carbocycles. The van der Waals surface area contributed by atoms with E-state index in [1.165, 1.54) is 5.57 Å². The summed E-state index contributed by atoms with van der Waals surface area (Å²) in [5.41, 5.74) is 2.06. The molecule has 0 aromatic heterocycles. The Morgan fingerprint density at radius 1 is 1.45 bits per heavy atom. The molecule has 0 spiro atoms. The Morgan fingerprint density at radius 2 is 2.00 bits per heavy atom. The van der Waals surface area contributed by atoms with Crippen molar-refractivity contribution >= 4 is 5.71 Å². The summed E-state index contributed by atoms with van der Waals surface area (Å²) in [5.74, 6) is 0.600. The number of allylic oxidation sites excluding steroid dienone is 2. The highest BCUT2D eigenvalue weighted by Crippen LogP contribution is 2.05. The lowest BCUT2D eigenvalue weighted by Gasteiger charge is -2.02. The van der Waals surface area contributed by atoms with Gasteiger partial charge in [0.25, 0.3) is 0 Å². The standard InChI is InChI=1S/C10H19N/c1-5-9(4)7-10(11)6-8(2)3/h7-8,11H,5-6H2,1-4H3/b9-7+,11-10?. The molecule has 1 N–H and O–H groups in total. The summed E-state index contributed by atoms with van der Waals surface area (Å²) >= 11 is 0. The second-order valence-corrected chi connectivity index (χ2v) is 3.47. The zero-order chi connectivity index (χ0) is 8.85. The second kappa shape index (κ2) is 5.11. The molecule has 0 radical (unpaired) electrons. The summed E-state index contributed by atoms with van der Waals surface area (Å²) < 4.78 is 0. The van der Waals surface area contributed by atoms with Gasteiger partial charge in [0.2, 0.25) is 0 Å². The summed E-state index contributed by atoms with van der Waals surface area (Å²) in [6.45, 7) is 8.48. The second-order valence-electron chi connectivity index (χ2n) is 3.47. The average molecular weight is 153 g/mol. The molecule has 0 saturated heterocycles. The minimum Gasteiger partial charge on any atom is -0.305 e. The third kappa shape index (κ3) is 5.84. The first-order chi connectivity index (χ1) is 5.06. The van der Waals surface area contributed by atoms with Gasteiger partial charge in [-0.15, -0.1) is 0 Å². The third-order valence-electron chi connectivity index (χ3n) is 1.61. The van der Waals surface area contributed by atoms with Crippen molar-refractivity contribution in [3.63, 3.8) is 0 Å².